The van der Waals surface area contributed by atoms with Gasteiger partial charge in [0.15, 0.2) is 0 Å². The van der Waals surface area contributed by atoms with E-state index in [4.69, 9.17) is 0 Å². The molecule has 0 bridgehead atoms. The Morgan fingerprint density at radius 3 is 2.76 bits per heavy atom. The molecule has 2 nitrogen and oxygen atoms in total. The summed E-state index contributed by atoms with van der Waals surface area (Å²) in [5.41, 5.74) is 1.12. The van der Waals surface area contributed by atoms with Crippen LogP contribution >= 0.6 is 15.9 Å². The van der Waals surface area contributed by atoms with Gasteiger partial charge >= 0.3 is 0 Å². The van der Waals surface area contributed by atoms with Gasteiger partial charge in [-0.25, -0.2) is 4.39 Å². The molecule has 118 valence electrons. The Bertz CT molecular complexity index is 444. The predicted octanol–water partition coefficient (Wildman–Crippen LogP) is 4.36. The number of piperidine rings is 1. The van der Waals surface area contributed by atoms with Crippen molar-refractivity contribution in [1.82, 2.24) is 10.2 Å². The lowest BCUT2D eigenvalue weighted by Crippen LogP contribution is -2.35. The largest absolute Gasteiger partial charge is 0.310 e. The molecule has 1 aliphatic rings. The number of benzene rings is 1. The van der Waals surface area contributed by atoms with Gasteiger partial charge in [-0.1, -0.05) is 13.0 Å². The molecular formula is C17H26BrFN2. The lowest BCUT2D eigenvalue weighted by atomic mass is 9.99. The van der Waals surface area contributed by atoms with Crippen LogP contribution in [0, 0.1) is 11.7 Å². The molecule has 1 N–H and O–H groups in total. The number of nitrogens with one attached hydrogen (secondary N) is 1. The highest BCUT2D eigenvalue weighted by atomic mass is 79.9. The monoisotopic (exact) mass is 356 g/mol. The average Bonchev–Trinajstić information content (AvgIpc) is 2.48. The SMILES string of the molecule is CC1CCN(CCCNC(C)c2ccc(F)c(Br)c2)CC1. The van der Waals surface area contributed by atoms with Gasteiger partial charge in [0.25, 0.3) is 0 Å². The highest BCUT2D eigenvalue weighted by Crippen LogP contribution is 2.21. The molecule has 0 amide bonds. The van der Waals surface area contributed by atoms with Crippen molar-refractivity contribution < 1.29 is 4.39 Å². The van der Waals surface area contributed by atoms with E-state index >= 15 is 0 Å². The second kappa shape index (κ2) is 8.25. The molecule has 1 saturated heterocycles. The molecule has 1 aliphatic heterocycles. The summed E-state index contributed by atoms with van der Waals surface area (Å²) in [5, 5.41) is 3.52. The van der Waals surface area contributed by atoms with Gasteiger partial charge in [0.2, 0.25) is 0 Å². The number of nitrogens with zero attached hydrogens (tertiary/aromatic N) is 1. The van der Waals surface area contributed by atoms with Crippen molar-refractivity contribution in [3.63, 3.8) is 0 Å². The van der Waals surface area contributed by atoms with Crippen LogP contribution in [0.3, 0.4) is 0 Å². The Morgan fingerprint density at radius 2 is 2.10 bits per heavy atom. The Kier molecular flexibility index (Phi) is 6.65. The first-order valence-corrected chi connectivity index (χ1v) is 8.76. The maximum atomic E-state index is 13.2. The van der Waals surface area contributed by atoms with Crippen LogP contribution in [-0.4, -0.2) is 31.1 Å². The first kappa shape index (κ1) is 16.9. The zero-order valence-electron chi connectivity index (χ0n) is 13.0. The maximum absolute atomic E-state index is 13.2. The van der Waals surface area contributed by atoms with E-state index in [0.29, 0.717) is 4.47 Å². The summed E-state index contributed by atoms with van der Waals surface area (Å²) in [6.45, 7) is 9.16. The van der Waals surface area contributed by atoms with Crippen molar-refractivity contribution in [2.45, 2.75) is 39.2 Å². The fourth-order valence-corrected chi connectivity index (χ4v) is 3.20. The summed E-state index contributed by atoms with van der Waals surface area (Å²) in [5.74, 6) is 0.696. The van der Waals surface area contributed by atoms with Crippen molar-refractivity contribution in [2.24, 2.45) is 5.92 Å². The second-order valence-corrected chi connectivity index (χ2v) is 7.08. The van der Waals surface area contributed by atoms with E-state index < -0.39 is 0 Å². The van der Waals surface area contributed by atoms with Crippen LogP contribution in [0.2, 0.25) is 0 Å². The third kappa shape index (κ3) is 5.35. The normalized spacial score (nSPS) is 18.9. The fraction of sp³-hybridized carbons (Fsp3) is 0.647. The fourth-order valence-electron chi connectivity index (χ4n) is 2.81. The minimum atomic E-state index is -0.203. The third-order valence-corrected chi connectivity index (χ3v) is 5.03. The zero-order chi connectivity index (χ0) is 15.2. The topological polar surface area (TPSA) is 15.3 Å². The summed E-state index contributed by atoms with van der Waals surface area (Å²) in [6, 6.07) is 5.48. The van der Waals surface area contributed by atoms with E-state index in [9.17, 15) is 4.39 Å². The number of halogens is 2. The van der Waals surface area contributed by atoms with Crippen molar-refractivity contribution in [3.05, 3.63) is 34.1 Å². The molecule has 0 radical (unpaired) electrons. The molecule has 0 aliphatic carbocycles. The molecule has 1 aromatic rings. The van der Waals surface area contributed by atoms with Gasteiger partial charge in [0, 0.05) is 6.04 Å². The predicted molar refractivity (Wildman–Crippen MR) is 90.0 cm³/mol. The molecule has 2 rings (SSSR count). The van der Waals surface area contributed by atoms with Gasteiger partial charge < -0.3 is 10.2 Å². The molecule has 0 saturated carbocycles. The summed E-state index contributed by atoms with van der Waals surface area (Å²) in [6.07, 6.45) is 3.85. The van der Waals surface area contributed by atoms with Gasteiger partial charge in [0.05, 0.1) is 4.47 Å². The van der Waals surface area contributed by atoms with E-state index in [2.05, 4.69) is 40.0 Å². The molecular weight excluding hydrogens is 331 g/mol. The van der Waals surface area contributed by atoms with Gasteiger partial charge in [-0.05, 0) is 91.9 Å². The van der Waals surface area contributed by atoms with E-state index in [0.717, 1.165) is 18.0 Å². The lowest BCUT2D eigenvalue weighted by Gasteiger charge is -2.30. The van der Waals surface area contributed by atoms with Crippen molar-refractivity contribution in [3.8, 4) is 0 Å². The molecule has 0 aromatic heterocycles. The van der Waals surface area contributed by atoms with Crippen LogP contribution in [-0.2, 0) is 0 Å². The quantitative estimate of drug-likeness (QED) is 0.761. The van der Waals surface area contributed by atoms with Crippen LogP contribution in [0.1, 0.15) is 44.7 Å². The van der Waals surface area contributed by atoms with E-state index in [1.165, 1.54) is 45.0 Å². The first-order chi connectivity index (χ1) is 10.1. The molecule has 4 heteroatoms. The highest BCUT2D eigenvalue weighted by molar-refractivity contribution is 9.10. The van der Waals surface area contributed by atoms with Gasteiger partial charge in [-0.15, -0.1) is 0 Å². The second-order valence-electron chi connectivity index (χ2n) is 6.23. The van der Waals surface area contributed by atoms with E-state index in [1.807, 2.05) is 12.1 Å². The van der Waals surface area contributed by atoms with E-state index in [-0.39, 0.29) is 11.9 Å². The smallest absolute Gasteiger partial charge is 0.137 e. The summed E-state index contributed by atoms with van der Waals surface area (Å²) in [4.78, 5) is 2.57. The number of hydrogen-bond donors (Lipinski definition) is 1. The molecule has 1 heterocycles. The Hall–Kier alpha value is -0.450. The van der Waals surface area contributed by atoms with Gasteiger partial charge in [-0.3, -0.25) is 0 Å². The molecule has 1 atom stereocenters. The molecule has 1 fully saturated rings. The third-order valence-electron chi connectivity index (χ3n) is 4.42. The molecule has 21 heavy (non-hydrogen) atoms. The standard InChI is InChI=1S/C17H26BrFN2/c1-13-6-10-21(11-7-13)9-3-8-20-14(2)15-4-5-17(19)16(18)12-15/h4-5,12-14,20H,3,6-11H2,1-2H3. The minimum absolute atomic E-state index is 0.203. The van der Waals surface area contributed by atoms with Crippen LogP contribution in [0.25, 0.3) is 0 Å². The van der Waals surface area contributed by atoms with Crippen LogP contribution in [0.15, 0.2) is 22.7 Å². The van der Waals surface area contributed by atoms with E-state index in [1.54, 1.807) is 0 Å². The highest BCUT2D eigenvalue weighted by Gasteiger charge is 2.15. The summed E-state index contributed by atoms with van der Waals surface area (Å²) < 4.78 is 13.8. The first-order valence-electron chi connectivity index (χ1n) is 7.97. The maximum Gasteiger partial charge on any atom is 0.137 e. The zero-order valence-corrected chi connectivity index (χ0v) is 14.6. The van der Waals surface area contributed by atoms with Crippen LogP contribution in [0.5, 0.6) is 0 Å². The lowest BCUT2D eigenvalue weighted by molar-refractivity contribution is 0.190. The number of hydrogen-bond acceptors (Lipinski definition) is 2. The Morgan fingerprint density at radius 1 is 1.38 bits per heavy atom. The molecule has 0 spiro atoms. The van der Waals surface area contributed by atoms with Gasteiger partial charge in [0.1, 0.15) is 5.82 Å². The summed E-state index contributed by atoms with van der Waals surface area (Å²) >= 11 is 3.24. The average molecular weight is 357 g/mol. The Labute approximate surface area is 136 Å². The number of rotatable bonds is 6. The molecule has 1 unspecified atom stereocenters. The van der Waals surface area contributed by atoms with Gasteiger partial charge in [-0.2, -0.15) is 0 Å². The van der Waals surface area contributed by atoms with Crippen molar-refractivity contribution in [2.75, 3.05) is 26.2 Å². The Balaban J connectivity index is 1.67. The van der Waals surface area contributed by atoms with Crippen LogP contribution in [0.4, 0.5) is 4.39 Å². The van der Waals surface area contributed by atoms with Crippen molar-refractivity contribution >= 4 is 15.9 Å². The minimum Gasteiger partial charge on any atom is -0.310 e. The molecule has 1 aromatic carbocycles. The van der Waals surface area contributed by atoms with Crippen molar-refractivity contribution in [1.29, 1.82) is 0 Å². The summed E-state index contributed by atoms with van der Waals surface area (Å²) in [7, 11) is 0. The number of likely N-dealkylation sites (tertiary alicyclic amines) is 1. The van der Waals surface area contributed by atoms with Crippen LogP contribution < -0.4 is 5.32 Å².